The van der Waals surface area contributed by atoms with E-state index in [-0.39, 0.29) is 11.8 Å². The summed E-state index contributed by atoms with van der Waals surface area (Å²) < 4.78 is 11.1. The molecule has 1 aromatic rings. The third kappa shape index (κ3) is 5.29. The molecule has 0 bridgehead atoms. The monoisotopic (exact) mass is 291 g/mol. The highest BCUT2D eigenvalue weighted by Crippen LogP contribution is 2.23. The molecule has 21 heavy (non-hydrogen) atoms. The molecule has 1 aromatic carbocycles. The van der Waals surface area contributed by atoms with Crippen molar-refractivity contribution in [3.63, 3.8) is 0 Å². The third-order valence-electron chi connectivity index (χ3n) is 3.76. The molecular formula is C17H25NO3. The smallest absolute Gasteiger partial charge is 0.223 e. The first kappa shape index (κ1) is 15.7. The fourth-order valence-corrected chi connectivity index (χ4v) is 2.67. The zero-order chi connectivity index (χ0) is 14.9. The summed E-state index contributed by atoms with van der Waals surface area (Å²) >= 11 is 0. The van der Waals surface area contributed by atoms with Crippen LogP contribution in [0, 0.1) is 5.92 Å². The predicted molar refractivity (Wildman–Crippen MR) is 82.7 cm³/mol. The standard InChI is InChI=1S/C17H25NO3/c1-2-20-15-9-6-10-16(13-15)21-12-11-18-17(19)14-7-4-3-5-8-14/h6,9-10,13-14H,2-5,7-8,11-12H2,1H3,(H,18,19). The van der Waals surface area contributed by atoms with E-state index >= 15 is 0 Å². The van der Waals surface area contributed by atoms with E-state index in [0.29, 0.717) is 19.8 Å². The summed E-state index contributed by atoms with van der Waals surface area (Å²) in [4.78, 5) is 12.0. The molecule has 1 amide bonds. The molecule has 1 aliphatic carbocycles. The first-order valence-electron chi connectivity index (χ1n) is 7.93. The molecule has 0 aromatic heterocycles. The van der Waals surface area contributed by atoms with Gasteiger partial charge < -0.3 is 14.8 Å². The van der Waals surface area contributed by atoms with Crippen LogP contribution in [0.3, 0.4) is 0 Å². The van der Waals surface area contributed by atoms with Crippen molar-refractivity contribution in [3.05, 3.63) is 24.3 Å². The van der Waals surface area contributed by atoms with Gasteiger partial charge in [-0.05, 0) is 31.9 Å². The van der Waals surface area contributed by atoms with Crippen LogP contribution < -0.4 is 14.8 Å². The van der Waals surface area contributed by atoms with Crippen LogP contribution in [0.1, 0.15) is 39.0 Å². The Morgan fingerprint density at radius 1 is 1.19 bits per heavy atom. The van der Waals surface area contributed by atoms with Crippen molar-refractivity contribution in [2.75, 3.05) is 19.8 Å². The molecule has 0 radical (unpaired) electrons. The van der Waals surface area contributed by atoms with Crippen LogP contribution in [0.25, 0.3) is 0 Å². The molecule has 4 heteroatoms. The lowest BCUT2D eigenvalue weighted by atomic mass is 9.89. The van der Waals surface area contributed by atoms with Crippen molar-refractivity contribution in [2.24, 2.45) is 5.92 Å². The number of rotatable bonds is 7. The summed E-state index contributed by atoms with van der Waals surface area (Å²) in [5.41, 5.74) is 0. The van der Waals surface area contributed by atoms with Crippen molar-refractivity contribution >= 4 is 5.91 Å². The minimum absolute atomic E-state index is 0.182. The van der Waals surface area contributed by atoms with E-state index in [1.54, 1.807) is 0 Å². The minimum atomic E-state index is 0.182. The lowest BCUT2D eigenvalue weighted by Crippen LogP contribution is -2.34. The summed E-state index contributed by atoms with van der Waals surface area (Å²) in [6.45, 7) is 3.62. The molecule has 1 fully saturated rings. The lowest BCUT2D eigenvalue weighted by molar-refractivity contribution is -0.126. The number of carbonyl (C=O) groups excluding carboxylic acids is 1. The highest BCUT2D eigenvalue weighted by atomic mass is 16.5. The fraction of sp³-hybridized carbons (Fsp3) is 0.588. The van der Waals surface area contributed by atoms with Gasteiger partial charge in [-0.3, -0.25) is 4.79 Å². The van der Waals surface area contributed by atoms with E-state index in [1.807, 2.05) is 31.2 Å². The summed E-state index contributed by atoms with van der Waals surface area (Å²) in [6.07, 6.45) is 5.69. The van der Waals surface area contributed by atoms with Gasteiger partial charge in [-0.2, -0.15) is 0 Å². The van der Waals surface area contributed by atoms with Gasteiger partial charge in [-0.15, -0.1) is 0 Å². The summed E-state index contributed by atoms with van der Waals surface area (Å²) in [7, 11) is 0. The third-order valence-corrected chi connectivity index (χ3v) is 3.76. The Morgan fingerprint density at radius 3 is 2.62 bits per heavy atom. The number of carbonyl (C=O) groups is 1. The molecule has 0 spiro atoms. The van der Waals surface area contributed by atoms with Crippen molar-refractivity contribution in [3.8, 4) is 11.5 Å². The number of benzene rings is 1. The number of amides is 1. The molecule has 4 nitrogen and oxygen atoms in total. The molecule has 2 rings (SSSR count). The number of hydrogen-bond donors (Lipinski definition) is 1. The molecule has 0 aliphatic heterocycles. The van der Waals surface area contributed by atoms with Crippen molar-refractivity contribution < 1.29 is 14.3 Å². The van der Waals surface area contributed by atoms with E-state index in [0.717, 1.165) is 24.3 Å². The van der Waals surface area contributed by atoms with Gasteiger partial charge in [0.1, 0.15) is 18.1 Å². The van der Waals surface area contributed by atoms with Crippen LogP contribution in [-0.4, -0.2) is 25.7 Å². The average molecular weight is 291 g/mol. The Bertz CT molecular complexity index is 441. The molecule has 116 valence electrons. The highest BCUT2D eigenvalue weighted by Gasteiger charge is 2.20. The van der Waals surface area contributed by atoms with E-state index in [1.165, 1.54) is 19.3 Å². The quantitative estimate of drug-likeness (QED) is 0.785. The van der Waals surface area contributed by atoms with Gasteiger partial charge >= 0.3 is 0 Å². The maximum atomic E-state index is 12.0. The normalized spacial score (nSPS) is 15.5. The maximum Gasteiger partial charge on any atom is 0.223 e. The zero-order valence-corrected chi connectivity index (χ0v) is 12.8. The molecule has 0 saturated heterocycles. The van der Waals surface area contributed by atoms with E-state index in [9.17, 15) is 4.79 Å². The Balaban J connectivity index is 1.67. The molecular weight excluding hydrogens is 266 g/mol. The van der Waals surface area contributed by atoms with Crippen molar-refractivity contribution in [1.29, 1.82) is 0 Å². The number of hydrogen-bond acceptors (Lipinski definition) is 3. The largest absolute Gasteiger partial charge is 0.494 e. The van der Waals surface area contributed by atoms with Crippen LogP contribution in [0.15, 0.2) is 24.3 Å². The molecule has 0 atom stereocenters. The number of nitrogens with one attached hydrogen (secondary N) is 1. The van der Waals surface area contributed by atoms with E-state index in [2.05, 4.69) is 5.32 Å². The van der Waals surface area contributed by atoms with E-state index < -0.39 is 0 Å². The van der Waals surface area contributed by atoms with Crippen molar-refractivity contribution in [1.82, 2.24) is 5.32 Å². The Kier molecular flexibility index (Phi) is 6.38. The topological polar surface area (TPSA) is 47.6 Å². The highest BCUT2D eigenvalue weighted by molar-refractivity contribution is 5.78. The Morgan fingerprint density at radius 2 is 1.90 bits per heavy atom. The van der Waals surface area contributed by atoms with Crippen molar-refractivity contribution in [2.45, 2.75) is 39.0 Å². The van der Waals surface area contributed by atoms with Gasteiger partial charge in [0.15, 0.2) is 0 Å². The summed E-state index contributed by atoms with van der Waals surface area (Å²) in [5, 5.41) is 2.97. The zero-order valence-electron chi connectivity index (χ0n) is 12.8. The van der Waals surface area contributed by atoms with Crippen LogP contribution in [-0.2, 0) is 4.79 Å². The minimum Gasteiger partial charge on any atom is -0.494 e. The molecule has 0 unspecified atom stereocenters. The maximum absolute atomic E-state index is 12.0. The lowest BCUT2D eigenvalue weighted by Gasteiger charge is -2.20. The second-order valence-corrected chi connectivity index (χ2v) is 5.38. The van der Waals surface area contributed by atoms with Gasteiger partial charge in [0.2, 0.25) is 5.91 Å². The van der Waals surface area contributed by atoms with Gasteiger partial charge in [-0.25, -0.2) is 0 Å². The Labute approximate surface area is 126 Å². The first-order chi connectivity index (χ1) is 10.3. The second kappa shape index (κ2) is 8.55. The SMILES string of the molecule is CCOc1cccc(OCCNC(=O)C2CCCCC2)c1. The van der Waals surface area contributed by atoms with Crippen LogP contribution in [0.2, 0.25) is 0 Å². The van der Waals surface area contributed by atoms with Gasteiger partial charge in [0, 0.05) is 12.0 Å². The summed E-state index contributed by atoms with van der Waals surface area (Å²) in [6, 6.07) is 7.57. The van der Waals surface area contributed by atoms with Gasteiger partial charge in [0.05, 0.1) is 13.2 Å². The van der Waals surface area contributed by atoms with Crippen LogP contribution in [0.4, 0.5) is 0 Å². The molecule has 1 N–H and O–H groups in total. The van der Waals surface area contributed by atoms with Crippen LogP contribution >= 0.6 is 0 Å². The fourth-order valence-electron chi connectivity index (χ4n) is 2.67. The Hall–Kier alpha value is -1.71. The number of ether oxygens (including phenoxy) is 2. The van der Waals surface area contributed by atoms with E-state index in [4.69, 9.17) is 9.47 Å². The first-order valence-corrected chi connectivity index (χ1v) is 7.93. The predicted octanol–water partition coefficient (Wildman–Crippen LogP) is 3.16. The molecule has 0 heterocycles. The average Bonchev–Trinajstić information content (AvgIpc) is 2.53. The van der Waals surface area contributed by atoms with Gasteiger partial charge in [-0.1, -0.05) is 25.3 Å². The summed E-state index contributed by atoms with van der Waals surface area (Å²) in [5.74, 6) is 1.97. The molecule has 1 saturated carbocycles. The molecule has 1 aliphatic rings. The van der Waals surface area contributed by atoms with Crippen LogP contribution in [0.5, 0.6) is 11.5 Å². The second-order valence-electron chi connectivity index (χ2n) is 5.38. The van der Waals surface area contributed by atoms with Gasteiger partial charge in [0.25, 0.3) is 0 Å².